The molecule has 1 aliphatic heterocycles. The van der Waals surface area contributed by atoms with Crippen molar-refractivity contribution in [1.29, 1.82) is 0 Å². The molecule has 2 aromatic rings. The maximum absolute atomic E-state index is 14.4. The number of rotatable bonds is 2. The zero-order chi connectivity index (χ0) is 19.9. The fourth-order valence-corrected chi connectivity index (χ4v) is 3.20. The Morgan fingerprint density at radius 1 is 0.963 bits per heavy atom. The molecule has 1 nitrogen and oxygen atoms in total. The number of hydrogen-bond acceptors (Lipinski definition) is 1. The summed E-state index contributed by atoms with van der Waals surface area (Å²) in [7, 11) is 0. The summed E-state index contributed by atoms with van der Waals surface area (Å²) in [6.07, 6.45) is -7.25. The smallest absolute Gasteiger partial charge is 0.370 e. The molecule has 0 saturated carbocycles. The molecule has 0 aliphatic carbocycles. The number of halogens is 7. The summed E-state index contributed by atoms with van der Waals surface area (Å²) in [5.41, 5.74) is -2.52. The summed E-state index contributed by atoms with van der Waals surface area (Å²) in [5, 5.41) is 0. The van der Waals surface area contributed by atoms with Crippen LogP contribution in [0.3, 0.4) is 0 Å². The van der Waals surface area contributed by atoms with Crippen LogP contribution in [0.5, 0.6) is 0 Å². The van der Waals surface area contributed by atoms with Crippen molar-refractivity contribution in [2.75, 3.05) is 6.61 Å². The van der Waals surface area contributed by atoms with E-state index in [2.05, 4.69) is 0 Å². The van der Waals surface area contributed by atoms with Crippen molar-refractivity contribution in [2.45, 2.75) is 31.8 Å². The molecule has 0 aromatic heterocycles. The standard InChI is InChI=1S/C19H15F7O/c1-9-4-16(23)18(27-8-9)10-2-3-12(13(20)5-10)11-6-14(21)17(15(22)7-11)19(24,25)26/h2-3,5-7,9,16,18H,4,8H2,1H3/t9-,16+,18-/m0/s1. The van der Waals surface area contributed by atoms with Crippen LogP contribution in [0, 0.1) is 23.4 Å². The second-order valence-electron chi connectivity index (χ2n) is 6.66. The first kappa shape index (κ1) is 19.7. The lowest BCUT2D eigenvalue weighted by Crippen LogP contribution is -2.28. The third-order valence-corrected chi connectivity index (χ3v) is 4.47. The second-order valence-corrected chi connectivity index (χ2v) is 6.66. The van der Waals surface area contributed by atoms with Crippen molar-refractivity contribution < 1.29 is 35.5 Å². The van der Waals surface area contributed by atoms with E-state index in [4.69, 9.17) is 4.74 Å². The van der Waals surface area contributed by atoms with Gasteiger partial charge in [-0.05, 0) is 41.7 Å². The Balaban J connectivity index is 1.95. The molecule has 0 N–H and O–H groups in total. The Morgan fingerprint density at radius 2 is 1.59 bits per heavy atom. The molecule has 8 heteroatoms. The lowest BCUT2D eigenvalue weighted by Gasteiger charge is -2.30. The van der Waals surface area contributed by atoms with E-state index in [0.717, 1.165) is 12.1 Å². The van der Waals surface area contributed by atoms with Gasteiger partial charge in [0.2, 0.25) is 0 Å². The van der Waals surface area contributed by atoms with Crippen molar-refractivity contribution in [1.82, 2.24) is 0 Å². The lowest BCUT2D eigenvalue weighted by atomic mass is 9.92. The minimum Gasteiger partial charge on any atom is -0.370 e. The summed E-state index contributed by atoms with van der Waals surface area (Å²) < 4.78 is 99.4. The van der Waals surface area contributed by atoms with Gasteiger partial charge in [-0.1, -0.05) is 19.1 Å². The monoisotopic (exact) mass is 392 g/mol. The van der Waals surface area contributed by atoms with E-state index >= 15 is 0 Å². The van der Waals surface area contributed by atoms with E-state index < -0.39 is 47.0 Å². The van der Waals surface area contributed by atoms with E-state index in [1.165, 1.54) is 6.07 Å². The molecule has 27 heavy (non-hydrogen) atoms. The number of benzene rings is 2. The average molecular weight is 392 g/mol. The van der Waals surface area contributed by atoms with Crippen LogP contribution in [-0.2, 0) is 10.9 Å². The lowest BCUT2D eigenvalue weighted by molar-refractivity contribution is -0.142. The molecule has 0 bridgehead atoms. The van der Waals surface area contributed by atoms with Gasteiger partial charge in [0.25, 0.3) is 0 Å². The van der Waals surface area contributed by atoms with E-state index in [0.29, 0.717) is 18.7 Å². The van der Waals surface area contributed by atoms with Crippen LogP contribution in [0.1, 0.15) is 30.6 Å². The van der Waals surface area contributed by atoms with E-state index in [-0.39, 0.29) is 23.5 Å². The molecule has 1 saturated heterocycles. The minimum absolute atomic E-state index is 0.0264. The van der Waals surface area contributed by atoms with Crippen LogP contribution in [0.4, 0.5) is 30.7 Å². The maximum Gasteiger partial charge on any atom is 0.422 e. The van der Waals surface area contributed by atoms with Crippen LogP contribution in [-0.4, -0.2) is 12.8 Å². The first-order valence-electron chi connectivity index (χ1n) is 8.19. The Kier molecular flexibility index (Phi) is 5.20. The highest BCUT2D eigenvalue weighted by Gasteiger charge is 2.38. The van der Waals surface area contributed by atoms with Crippen LogP contribution in [0.2, 0.25) is 0 Å². The third kappa shape index (κ3) is 3.95. The van der Waals surface area contributed by atoms with Crippen molar-refractivity contribution in [3.05, 3.63) is 58.9 Å². The minimum atomic E-state index is -5.21. The molecule has 146 valence electrons. The van der Waals surface area contributed by atoms with Gasteiger partial charge in [-0.15, -0.1) is 0 Å². The highest BCUT2D eigenvalue weighted by molar-refractivity contribution is 5.65. The van der Waals surface area contributed by atoms with Crippen molar-refractivity contribution in [2.24, 2.45) is 5.92 Å². The van der Waals surface area contributed by atoms with Crippen molar-refractivity contribution in [3.63, 3.8) is 0 Å². The molecular weight excluding hydrogens is 377 g/mol. The first-order valence-corrected chi connectivity index (χ1v) is 8.19. The number of alkyl halides is 4. The quantitative estimate of drug-likeness (QED) is 0.551. The summed E-state index contributed by atoms with van der Waals surface area (Å²) in [5.74, 6) is -4.59. The van der Waals surface area contributed by atoms with Gasteiger partial charge in [-0.2, -0.15) is 13.2 Å². The molecule has 1 heterocycles. The predicted octanol–water partition coefficient (Wildman–Crippen LogP) is 6.23. The summed E-state index contributed by atoms with van der Waals surface area (Å²) in [6, 6.07) is 4.27. The fourth-order valence-electron chi connectivity index (χ4n) is 3.20. The largest absolute Gasteiger partial charge is 0.422 e. The summed E-state index contributed by atoms with van der Waals surface area (Å²) >= 11 is 0. The summed E-state index contributed by atoms with van der Waals surface area (Å²) in [4.78, 5) is 0. The van der Waals surface area contributed by atoms with Crippen molar-refractivity contribution in [3.8, 4) is 11.1 Å². The Bertz CT molecular complexity index is 823. The third-order valence-electron chi connectivity index (χ3n) is 4.47. The van der Waals surface area contributed by atoms with Crippen LogP contribution >= 0.6 is 0 Å². The van der Waals surface area contributed by atoms with Gasteiger partial charge >= 0.3 is 6.18 Å². The highest BCUT2D eigenvalue weighted by Crippen LogP contribution is 2.38. The molecule has 1 fully saturated rings. The molecule has 0 spiro atoms. The molecule has 0 unspecified atom stereocenters. The summed E-state index contributed by atoms with van der Waals surface area (Å²) in [6.45, 7) is 2.13. The van der Waals surface area contributed by atoms with E-state index in [1.54, 1.807) is 0 Å². The van der Waals surface area contributed by atoms with Gasteiger partial charge in [0.05, 0.1) is 6.61 Å². The zero-order valence-corrected chi connectivity index (χ0v) is 14.1. The number of ether oxygens (including phenoxy) is 1. The SMILES string of the molecule is C[C@@H]1CO[C@@H](c2ccc(-c3cc(F)c(C(F)(F)F)c(F)c3)c(F)c2)[C@H](F)C1. The molecule has 3 rings (SSSR count). The topological polar surface area (TPSA) is 9.23 Å². The van der Waals surface area contributed by atoms with Gasteiger partial charge < -0.3 is 4.74 Å². The molecule has 0 radical (unpaired) electrons. The molecule has 0 amide bonds. The fraction of sp³-hybridized carbons (Fsp3) is 0.368. The van der Waals surface area contributed by atoms with Crippen LogP contribution < -0.4 is 0 Å². The highest BCUT2D eigenvalue weighted by atomic mass is 19.4. The van der Waals surface area contributed by atoms with Gasteiger partial charge in [0.1, 0.15) is 35.3 Å². The van der Waals surface area contributed by atoms with Gasteiger partial charge in [-0.25, -0.2) is 17.6 Å². The Morgan fingerprint density at radius 3 is 2.11 bits per heavy atom. The Labute approximate surface area is 150 Å². The number of hydrogen-bond donors (Lipinski definition) is 0. The first-order chi connectivity index (χ1) is 12.6. The van der Waals surface area contributed by atoms with E-state index in [1.807, 2.05) is 6.92 Å². The van der Waals surface area contributed by atoms with E-state index in [9.17, 15) is 30.7 Å². The molecule has 1 aliphatic rings. The van der Waals surface area contributed by atoms with Crippen LogP contribution in [0.15, 0.2) is 30.3 Å². The molecule has 3 atom stereocenters. The van der Waals surface area contributed by atoms with Gasteiger partial charge in [-0.3, -0.25) is 0 Å². The average Bonchev–Trinajstić information content (AvgIpc) is 2.52. The maximum atomic E-state index is 14.4. The Hall–Kier alpha value is -2.09. The second kappa shape index (κ2) is 7.14. The van der Waals surface area contributed by atoms with Gasteiger partial charge in [0, 0.05) is 5.56 Å². The molecule has 2 aromatic carbocycles. The van der Waals surface area contributed by atoms with Crippen molar-refractivity contribution >= 4 is 0 Å². The molecular formula is C19H15F7O. The zero-order valence-electron chi connectivity index (χ0n) is 14.1. The predicted molar refractivity (Wildman–Crippen MR) is 84.1 cm³/mol. The normalized spacial score (nSPS) is 23.5. The van der Waals surface area contributed by atoms with Crippen LogP contribution in [0.25, 0.3) is 11.1 Å². The van der Waals surface area contributed by atoms with Gasteiger partial charge in [0.15, 0.2) is 0 Å².